The molecule has 0 unspecified atom stereocenters. The second-order valence-corrected chi connectivity index (χ2v) is 11.1. The predicted molar refractivity (Wildman–Crippen MR) is 166 cm³/mol. The number of aryl methyl sites for hydroxylation is 1. The first kappa shape index (κ1) is 29.0. The van der Waals surface area contributed by atoms with E-state index in [0.29, 0.717) is 23.1 Å². The van der Waals surface area contributed by atoms with Gasteiger partial charge in [0.2, 0.25) is 11.8 Å². The highest BCUT2D eigenvalue weighted by molar-refractivity contribution is 5.91. The Morgan fingerprint density at radius 2 is 1.50 bits per heavy atom. The lowest BCUT2D eigenvalue weighted by molar-refractivity contribution is -0.126. The fourth-order valence-electron chi connectivity index (χ4n) is 5.84. The minimum Gasteiger partial charge on any atom is -0.356 e. The summed E-state index contributed by atoms with van der Waals surface area (Å²) < 4.78 is 2.66. The van der Waals surface area contributed by atoms with Crippen molar-refractivity contribution in [1.29, 1.82) is 0 Å². The summed E-state index contributed by atoms with van der Waals surface area (Å²) in [6.45, 7) is 2.74. The number of nitrogens with zero attached hydrogens (tertiary/aromatic N) is 2. The minimum atomic E-state index is -0.490. The lowest BCUT2D eigenvalue weighted by Crippen LogP contribution is -2.43. The third-order valence-electron chi connectivity index (χ3n) is 8.29. The van der Waals surface area contributed by atoms with E-state index in [0.717, 1.165) is 38.5 Å². The molecule has 8 nitrogen and oxygen atoms in total. The van der Waals surface area contributed by atoms with Gasteiger partial charge < -0.3 is 10.6 Å². The maximum absolute atomic E-state index is 13.6. The molecular weight excluding hydrogens is 528 g/mol. The first-order chi connectivity index (χ1) is 20.4. The zero-order chi connectivity index (χ0) is 29.5. The van der Waals surface area contributed by atoms with Crippen molar-refractivity contribution in [2.24, 2.45) is 11.8 Å². The lowest BCUT2D eigenvalue weighted by Gasteiger charge is -2.28. The highest BCUT2D eigenvalue weighted by atomic mass is 16.2. The Morgan fingerprint density at radius 1 is 0.810 bits per heavy atom. The highest BCUT2D eigenvalue weighted by Gasteiger charge is 2.27. The van der Waals surface area contributed by atoms with E-state index in [1.54, 1.807) is 24.3 Å². The van der Waals surface area contributed by atoms with Crippen molar-refractivity contribution in [2.75, 3.05) is 11.9 Å². The van der Waals surface area contributed by atoms with Crippen molar-refractivity contribution in [2.45, 2.75) is 58.5 Å². The first-order valence-corrected chi connectivity index (χ1v) is 14.9. The van der Waals surface area contributed by atoms with Crippen LogP contribution in [-0.2, 0) is 35.5 Å². The maximum Gasteiger partial charge on any atom is 0.331 e. The molecule has 0 spiro atoms. The van der Waals surface area contributed by atoms with Gasteiger partial charge in [-0.1, -0.05) is 61.5 Å². The van der Waals surface area contributed by atoms with E-state index in [2.05, 4.69) is 29.7 Å². The van der Waals surface area contributed by atoms with Gasteiger partial charge in [0.05, 0.1) is 10.9 Å². The molecule has 42 heavy (non-hydrogen) atoms. The fourth-order valence-corrected chi connectivity index (χ4v) is 5.84. The Kier molecular flexibility index (Phi) is 9.31. The van der Waals surface area contributed by atoms with Crippen molar-refractivity contribution in [3.8, 4) is 0 Å². The number of aromatic nitrogens is 2. The largest absolute Gasteiger partial charge is 0.356 e. The third kappa shape index (κ3) is 6.87. The molecule has 1 fully saturated rings. The van der Waals surface area contributed by atoms with E-state index in [-0.39, 0.29) is 42.3 Å². The Balaban J connectivity index is 1.24. The number of rotatable bonds is 10. The molecular formula is C34H38N4O4. The summed E-state index contributed by atoms with van der Waals surface area (Å²) in [6.07, 6.45) is 4.64. The molecule has 1 heterocycles. The number of fused-ring (bicyclic) bond motifs is 1. The number of hydrogen-bond donors (Lipinski definition) is 2. The molecule has 0 aliphatic heterocycles. The molecule has 0 atom stereocenters. The lowest BCUT2D eigenvalue weighted by atomic mass is 9.81. The van der Waals surface area contributed by atoms with Crippen LogP contribution in [0.15, 0.2) is 88.5 Å². The van der Waals surface area contributed by atoms with Gasteiger partial charge in [-0.15, -0.1) is 0 Å². The molecule has 4 aromatic rings. The monoisotopic (exact) mass is 566 g/mol. The molecule has 0 radical (unpaired) electrons. The van der Waals surface area contributed by atoms with Crippen LogP contribution in [0.1, 0.15) is 43.7 Å². The summed E-state index contributed by atoms with van der Waals surface area (Å²) in [6, 6.07) is 24.6. The van der Waals surface area contributed by atoms with Crippen LogP contribution in [0.5, 0.6) is 0 Å². The number of amides is 2. The number of para-hydroxylation sites is 1. The van der Waals surface area contributed by atoms with Gasteiger partial charge in [0.25, 0.3) is 5.56 Å². The first-order valence-electron chi connectivity index (χ1n) is 14.9. The van der Waals surface area contributed by atoms with Gasteiger partial charge in [-0.3, -0.25) is 23.5 Å². The van der Waals surface area contributed by atoms with Gasteiger partial charge in [0.1, 0.15) is 6.54 Å². The third-order valence-corrected chi connectivity index (χ3v) is 8.29. The predicted octanol–water partition coefficient (Wildman–Crippen LogP) is 4.53. The molecule has 1 aromatic heterocycles. The molecule has 5 rings (SSSR count). The molecule has 218 valence electrons. The van der Waals surface area contributed by atoms with Crippen LogP contribution >= 0.6 is 0 Å². The molecule has 1 aliphatic rings. The van der Waals surface area contributed by atoms with Gasteiger partial charge in [0.15, 0.2) is 0 Å². The molecule has 0 saturated heterocycles. The summed E-state index contributed by atoms with van der Waals surface area (Å²) in [5.41, 5.74) is 2.62. The van der Waals surface area contributed by atoms with Crippen molar-refractivity contribution >= 4 is 28.4 Å². The fraction of sp³-hybridized carbons (Fsp3) is 0.353. The van der Waals surface area contributed by atoms with Gasteiger partial charge in [-0.2, -0.15) is 0 Å². The van der Waals surface area contributed by atoms with E-state index in [4.69, 9.17) is 0 Å². The Morgan fingerprint density at radius 3 is 2.21 bits per heavy atom. The van der Waals surface area contributed by atoms with Crippen LogP contribution in [0.2, 0.25) is 0 Å². The summed E-state index contributed by atoms with van der Waals surface area (Å²) in [5, 5.41) is 6.34. The van der Waals surface area contributed by atoms with Crippen LogP contribution in [0, 0.1) is 11.8 Å². The van der Waals surface area contributed by atoms with E-state index in [1.807, 2.05) is 42.5 Å². The molecule has 2 amide bonds. The molecule has 8 heteroatoms. The van der Waals surface area contributed by atoms with Gasteiger partial charge >= 0.3 is 5.69 Å². The second kappa shape index (κ2) is 13.5. The van der Waals surface area contributed by atoms with Crippen LogP contribution in [-0.4, -0.2) is 27.5 Å². The van der Waals surface area contributed by atoms with Crippen LogP contribution < -0.4 is 21.9 Å². The number of nitrogens with one attached hydrogen (secondary N) is 2. The number of carbonyl (C=O) groups excluding carboxylic acids is 2. The number of carbonyl (C=O) groups is 2. The van der Waals surface area contributed by atoms with Crippen LogP contribution in [0.4, 0.5) is 5.69 Å². The summed E-state index contributed by atoms with van der Waals surface area (Å²) in [7, 11) is 0. The average molecular weight is 567 g/mol. The van der Waals surface area contributed by atoms with Crippen molar-refractivity contribution in [3.63, 3.8) is 0 Å². The Bertz CT molecular complexity index is 1650. The van der Waals surface area contributed by atoms with Gasteiger partial charge in [-0.05, 0) is 79.8 Å². The number of benzene rings is 3. The second-order valence-electron chi connectivity index (χ2n) is 11.1. The molecule has 1 saturated carbocycles. The van der Waals surface area contributed by atoms with E-state index in [9.17, 15) is 19.2 Å². The Labute approximate surface area is 245 Å². The topological polar surface area (TPSA) is 102 Å². The van der Waals surface area contributed by atoms with Crippen LogP contribution in [0.25, 0.3) is 10.9 Å². The minimum absolute atomic E-state index is 0.0582. The van der Waals surface area contributed by atoms with Crippen LogP contribution in [0.3, 0.4) is 0 Å². The zero-order valence-electron chi connectivity index (χ0n) is 24.1. The summed E-state index contributed by atoms with van der Waals surface area (Å²) in [5.74, 6) is -0.221. The average Bonchev–Trinajstić information content (AvgIpc) is 3.02. The normalized spacial score (nSPS) is 16.7. The zero-order valence-corrected chi connectivity index (χ0v) is 24.1. The smallest absolute Gasteiger partial charge is 0.331 e. The van der Waals surface area contributed by atoms with Crippen molar-refractivity contribution < 1.29 is 9.59 Å². The maximum atomic E-state index is 13.6. The molecule has 2 N–H and O–H groups in total. The highest BCUT2D eigenvalue weighted by Crippen LogP contribution is 2.29. The Hall–Kier alpha value is -4.46. The van der Waals surface area contributed by atoms with Crippen molar-refractivity contribution in [1.82, 2.24) is 14.5 Å². The SMILES string of the molecule is CCc1ccc(NC(=O)Cn2c(=O)n(CC3CCC(C(=O)NCCc4ccccc4)CC3)c(=O)c3ccccc32)cc1. The summed E-state index contributed by atoms with van der Waals surface area (Å²) >= 11 is 0. The quantitative estimate of drug-likeness (QED) is 0.295. The number of hydrogen-bond acceptors (Lipinski definition) is 4. The van der Waals surface area contributed by atoms with E-state index in [1.165, 1.54) is 20.3 Å². The molecule has 1 aliphatic carbocycles. The van der Waals surface area contributed by atoms with Crippen molar-refractivity contribution in [3.05, 3.63) is 111 Å². The van der Waals surface area contributed by atoms with E-state index >= 15 is 0 Å². The van der Waals surface area contributed by atoms with Gasteiger partial charge in [0, 0.05) is 24.7 Å². The molecule has 3 aromatic carbocycles. The summed E-state index contributed by atoms with van der Waals surface area (Å²) in [4.78, 5) is 52.8. The number of anilines is 1. The van der Waals surface area contributed by atoms with E-state index < -0.39 is 5.69 Å². The standard InChI is InChI=1S/C34H38N4O4/c1-2-24-14-18-28(19-15-24)36-31(39)23-37-30-11-7-6-10-29(30)33(41)38(34(37)42)22-26-12-16-27(17-13-26)32(40)35-21-20-25-8-4-3-5-9-25/h3-11,14-15,18-19,26-27H,2,12-13,16-17,20-23H2,1H3,(H,35,40)(H,36,39). The van der Waals surface area contributed by atoms with Gasteiger partial charge in [-0.25, -0.2) is 4.79 Å². The molecule has 0 bridgehead atoms.